The van der Waals surface area contributed by atoms with Gasteiger partial charge in [0.1, 0.15) is 0 Å². The largest absolute Gasteiger partial charge is 0.380 e. The van der Waals surface area contributed by atoms with Crippen LogP contribution in [0, 0.1) is 17.6 Å². The second kappa shape index (κ2) is 5.88. The zero-order valence-corrected chi connectivity index (χ0v) is 12.9. The minimum Gasteiger partial charge on any atom is -0.380 e. The molecule has 19 heavy (non-hydrogen) atoms. The zero-order valence-electron chi connectivity index (χ0n) is 12.1. The maximum Gasteiger partial charge on any atom is 0.178 e. The Labute approximate surface area is 119 Å². The van der Waals surface area contributed by atoms with Crippen LogP contribution >= 0.6 is 12.2 Å². The van der Waals surface area contributed by atoms with Crippen molar-refractivity contribution < 1.29 is 4.74 Å². The van der Waals surface area contributed by atoms with Gasteiger partial charge in [0.2, 0.25) is 0 Å². The molecule has 1 atom stereocenters. The van der Waals surface area contributed by atoms with Gasteiger partial charge in [0.25, 0.3) is 0 Å². The summed E-state index contributed by atoms with van der Waals surface area (Å²) in [5.74, 6) is 0.471. The molecule has 0 aliphatic carbocycles. The fraction of sp³-hybridized carbons (Fsp3) is 0.533. The van der Waals surface area contributed by atoms with Crippen LogP contribution in [-0.2, 0) is 4.74 Å². The van der Waals surface area contributed by atoms with E-state index in [2.05, 4.69) is 48.5 Å². The lowest BCUT2D eigenvalue weighted by atomic mass is 10.0. The molecular formula is C15H22N2OS. The molecule has 0 bridgehead atoms. The highest BCUT2D eigenvalue weighted by atomic mass is 32.1. The number of aryl methyl sites for hydroxylation is 1. The Morgan fingerprint density at radius 1 is 1.37 bits per heavy atom. The predicted molar refractivity (Wildman–Crippen MR) is 82.2 cm³/mol. The molecule has 0 radical (unpaired) electrons. The number of aromatic amines is 1. The molecule has 0 spiro atoms. The maximum absolute atomic E-state index is 5.63. The lowest BCUT2D eigenvalue weighted by molar-refractivity contribution is 0.0974. The van der Waals surface area contributed by atoms with Crippen LogP contribution in [0.15, 0.2) is 18.2 Å². The summed E-state index contributed by atoms with van der Waals surface area (Å²) in [6.45, 7) is 9.96. The highest BCUT2D eigenvalue weighted by Crippen LogP contribution is 2.25. The first-order chi connectivity index (χ1) is 9.04. The number of aromatic nitrogens is 2. The minimum absolute atomic E-state index is 0.268. The molecule has 2 aromatic rings. The lowest BCUT2D eigenvalue weighted by Gasteiger charge is -2.23. The molecule has 1 aromatic heterocycles. The van der Waals surface area contributed by atoms with E-state index >= 15 is 0 Å². The Kier molecular flexibility index (Phi) is 4.42. The van der Waals surface area contributed by atoms with Gasteiger partial charge in [-0.25, -0.2) is 0 Å². The number of benzene rings is 1. The molecular weight excluding hydrogens is 256 g/mol. The predicted octanol–water partition coefficient (Wildman–Crippen LogP) is 4.24. The van der Waals surface area contributed by atoms with Gasteiger partial charge in [-0.3, -0.25) is 0 Å². The molecule has 0 saturated carbocycles. The molecule has 1 aromatic carbocycles. The number of hydrogen-bond donors (Lipinski definition) is 1. The first-order valence-corrected chi connectivity index (χ1v) is 7.24. The number of rotatable bonds is 5. The minimum atomic E-state index is 0.268. The van der Waals surface area contributed by atoms with E-state index in [-0.39, 0.29) is 6.04 Å². The molecule has 0 fully saturated rings. The van der Waals surface area contributed by atoms with E-state index in [4.69, 9.17) is 17.0 Å². The Balaban J connectivity index is 2.52. The molecule has 2 rings (SSSR count). The molecule has 1 N–H and O–H groups in total. The van der Waals surface area contributed by atoms with Crippen LogP contribution in [0.4, 0.5) is 0 Å². The van der Waals surface area contributed by atoms with Crippen LogP contribution in [0.25, 0.3) is 11.0 Å². The van der Waals surface area contributed by atoms with Gasteiger partial charge in [0.05, 0.1) is 23.7 Å². The van der Waals surface area contributed by atoms with Gasteiger partial charge in [0.15, 0.2) is 4.77 Å². The SMILES string of the molecule is CCOCC(C(C)C)n1c(=S)[nH]c2cc(C)ccc21. The summed E-state index contributed by atoms with van der Waals surface area (Å²) >= 11 is 5.49. The van der Waals surface area contributed by atoms with E-state index in [0.717, 1.165) is 22.4 Å². The van der Waals surface area contributed by atoms with Crippen molar-refractivity contribution in [2.24, 2.45) is 5.92 Å². The second-order valence-corrected chi connectivity index (χ2v) is 5.68. The molecule has 4 heteroatoms. The van der Waals surface area contributed by atoms with Gasteiger partial charge in [-0.15, -0.1) is 0 Å². The smallest absolute Gasteiger partial charge is 0.178 e. The molecule has 104 valence electrons. The van der Waals surface area contributed by atoms with Crippen LogP contribution in [-0.4, -0.2) is 22.8 Å². The third-order valence-corrected chi connectivity index (χ3v) is 3.76. The van der Waals surface area contributed by atoms with Gasteiger partial charge in [-0.1, -0.05) is 19.9 Å². The molecule has 0 amide bonds. The highest BCUT2D eigenvalue weighted by Gasteiger charge is 2.19. The number of nitrogens with one attached hydrogen (secondary N) is 1. The van der Waals surface area contributed by atoms with E-state index in [0.29, 0.717) is 12.5 Å². The Hall–Kier alpha value is -1.13. The van der Waals surface area contributed by atoms with Gasteiger partial charge in [-0.2, -0.15) is 0 Å². The summed E-state index contributed by atoms with van der Waals surface area (Å²) in [6, 6.07) is 6.67. The van der Waals surface area contributed by atoms with E-state index in [1.807, 2.05) is 6.92 Å². The molecule has 0 aliphatic heterocycles. The fourth-order valence-corrected chi connectivity index (χ4v) is 2.72. The first-order valence-electron chi connectivity index (χ1n) is 6.83. The highest BCUT2D eigenvalue weighted by molar-refractivity contribution is 7.71. The molecule has 0 saturated heterocycles. The van der Waals surface area contributed by atoms with E-state index in [1.165, 1.54) is 5.56 Å². The Morgan fingerprint density at radius 3 is 2.74 bits per heavy atom. The van der Waals surface area contributed by atoms with Crippen LogP contribution in [0.3, 0.4) is 0 Å². The van der Waals surface area contributed by atoms with Crippen molar-refractivity contribution >= 4 is 23.3 Å². The standard InChI is InChI=1S/C15H22N2OS/c1-5-18-9-14(10(2)3)17-13-7-6-11(4)8-12(13)16-15(17)19/h6-8,10,14H,5,9H2,1-4H3,(H,16,19). The monoisotopic (exact) mass is 278 g/mol. The molecule has 1 heterocycles. The molecule has 1 unspecified atom stereocenters. The van der Waals surface area contributed by atoms with Crippen molar-refractivity contribution in [3.05, 3.63) is 28.5 Å². The van der Waals surface area contributed by atoms with Gasteiger partial charge in [0, 0.05) is 6.61 Å². The summed E-state index contributed by atoms with van der Waals surface area (Å²) in [5.41, 5.74) is 3.50. The number of H-pyrrole nitrogens is 1. The Bertz CT molecular complexity index is 612. The van der Waals surface area contributed by atoms with Gasteiger partial charge < -0.3 is 14.3 Å². The first kappa shape index (κ1) is 14.3. The van der Waals surface area contributed by atoms with Crippen LogP contribution in [0.5, 0.6) is 0 Å². The van der Waals surface area contributed by atoms with Crippen molar-refractivity contribution in [1.82, 2.24) is 9.55 Å². The van der Waals surface area contributed by atoms with Crippen molar-refractivity contribution in [3.8, 4) is 0 Å². The number of nitrogens with zero attached hydrogens (tertiary/aromatic N) is 1. The average molecular weight is 278 g/mol. The fourth-order valence-electron chi connectivity index (χ4n) is 2.38. The summed E-state index contributed by atoms with van der Waals surface area (Å²) in [6.07, 6.45) is 0. The number of fused-ring (bicyclic) bond motifs is 1. The van der Waals surface area contributed by atoms with Crippen LogP contribution in [0.2, 0.25) is 0 Å². The van der Waals surface area contributed by atoms with Crippen molar-refractivity contribution in [2.75, 3.05) is 13.2 Å². The summed E-state index contributed by atoms with van der Waals surface area (Å²) in [5, 5.41) is 0. The quantitative estimate of drug-likeness (QED) is 0.829. The number of imidazole rings is 1. The summed E-state index contributed by atoms with van der Waals surface area (Å²) in [7, 11) is 0. The van der Waals surface area contributed by atoms with Crippen molar-refractivity contribution in [2.45, 2.75) is 33.7 Å². The summed E-state index contributed by atoms with van der Waals surface area (Å²) in [4.78, 5) is 3.30. The average Bonchev–Trinajstić information content (AvgIpc) is 2.65. The second-order valence-electron chi connectivity index (χ2n) is 5.29. The molecule has 0 aliphatic rings. The topological polar surface area (TPSA) is 29.9 Å². The van der Waals surface area contributed by atoms with Crippen molar-refractivity contribution in [3.63, 3.8) is 0 Å². The third-order valence-electron chi connectivity index (χ3n) is 3.47. The van der Waals surface area contributed by atoms with E-state index in [1.54, 1.807) is 0 Å². The van der Waals surface area contributed by atoms with Crippen LogP contribution < -0.4 is 0 Å². The number of ether oxygens (including phenoxy) is 1. The normalized spacial score (nSPS) is 13.3. The van der Waals surface area contributed by atoms with Crippen molar-refractivity contribution in [1.29, 1.82) is 0 Å². The number of hydrogen-bond acceptors (Lipinski definition) is 2. The third kappa shape index (κ3) is 2.90. The zero-order chi connectivity index (χ0) is 14.0. The molecule has 3 nitrogen and oxygen atoms in total. The Morgan fingerprint density at radius 2 is 2.11 bits per heavy atom. The van der Waals surface area contributed by atoms with Crippen LogP contribution in [0.1, 0.15) is 32.4 Å². The van der Waals surface area contributed by atoms with E-state index in [9.17, 15) is 0 Å². The van der Waals surface area contributed by atoms with Gasteiger partial charge >= 0.3 is 0 Å². The van der Waals surface area contributed by atoms with E-state index < -0.39 is 0 Å². The lowest BCUT2D eigenvalue weighted by Crippen LogP contribution is -2.21. The van der Waals surface area contributed by atoms with Gasteiger partial charge in [-0.05, 0) is 49.7 Å². The summed E-state index contributed by atoms with van der Waals surface area (Å²) < 4.78 is 8.60. The maximum atomic E-state index is 5.63.